The molecule has 1 atom stereocenters. The molecule has 14 heteroatoms. The van der Waals surface area contributed by atoms with Gasteiger partial charge in [0.2, 0.25) is 11.7 Å². The Kier molecular flexibility index (Phi) is 11.8. The minimum absolute atomic E-state index is 0.206. The second kappa shape index (κ2) is 16.6. The number of imide groups is 1. The number of ether oxygens (including phenoxy) is 1. The number of nitrogens with one attached hydrogen (secondary N) is 2. The van der Waals surface area contributed by atoms with Gasteiger partial charge in [-0.3, -0.25) is 9.59 Å². The van der Waals surface area contributed by atoms with Crippen LogP contribution in [0.2, 0.25) is 0 Å². The number of anilines is 2. The van der Waals surface area contributed by atoms with Crippen molar-refractivity contribution >= 4 is 29.4 Å². The van der Waals surface area contributed by atoms with E-state index in [4.69, 9.17) is 10.5 Å². The Morgan fingerprint density at radius 2 is 1.68 bits per heavy atom. The van der Waals surface area contributed by atoms with Gasteiger partial charge in [-0.25, -0.2) is 14.7 Å². The van der Waals surface area contributed by atoms with E-state index < -0.39 is 23.6 Å². The smallest absolute Gasteiger partial charge is 0.407 e. The van der Waals surface area contributed by atoms with Crippen molar-refractivity contribution in [1.29, 1.82) is 0 Å². The number of aromatic nitrogens is 5. The topological polar surface area (TPSA) is 176 Å². The average molecular weight is 723 g/mol. The van der Waals surface area contributed by atoms with Gasteiger partial charge in [0.15, 0.2) is 0 Å². The molecule has 4 N–H and O–H groups in total. The van der Waals surface area contributed by atoms with Gasteiger partial charge >= 0.3 is 6.09 Å². The number of carbonyl (C=O) groups excluding carboxylic acids is 3. The van der Waals surface area contributed by atoms with Crippen molar-refractivity contribution in [3.05, 3.63) is 72.4 Å². The summed E-state index contributed by atoms with van der Waals surface area (Å²) in [4.78, 5) is 51.2. The lowest BCUT2D eigenvalue weighted by molar-refractivity contribution is -0.130. The second-order valence-electron chi connectivity index (χ2n) is 15.1. The number of rotatable bonds is 10. The van der Waals surface area contributed by atoms with Crippen LogP contribution >= 0.6 is 0 Å². The molecular formula is C39H50N10O4. The molecule has 0 unspecified atom stereocenters. The average Bonchev–Trinajstić information content (AvgIpc) is 3.70. The number of tetrazole rings is 1. The maximum Gasteiger partial charge on any atom is 0.407 e. The van der Waals surface area contributed by atoms with Crippen LogP contribution in [0.25, 0.3) is 22.5 Å². The largest absolute Gasteiger partial charge is 0.444 e. The Labute approximate surface area is 310 Å². The molecule has 1 aliphatic carbocycles. The minimum Gasteiger partial charge on any atom is -0.444 e. The van der Waals surface area contributed by atoms with Crippen molar-refractivity contribution in [2.45, 2.75) is 64.5 Å². The summed E-state index contributed by atoms with van der Waals surface area (Å²) in [6.07, 6.45) is 4.27. The van der Waals surface area contributed by atoms with E-state index in [0.717, 1.165) is 61.5 Å². The van der Waals surface area contributed by atoms with Gasteiger partial charge in [0, 0.05) is 50.4 Å². The molecule has 0 spiro atoms. The van der Waals surface area contributed by atoms with Crippen molar-refractivity contribution in [3.63, 3.8) is 0 Å². The molecule has 4 aromatic rings. The van der Waals surface area contributed by atoms with E-state index in [9.17, 15) is 14.4 Å². The summed E-state index contributed by atoms with van der Waals surface area (Å²) in [7, 11) is 2.13. The normalized spacial score (nSPS) is 18.6. The van der Waals surface area contributed by atoms with E-state index >= 15 is 0 Å². The van der Waals surface area contributed by atoms with Crippen LogP contribution in [0.15, 0.2) is 66.9 Å². The van der Waals surface area contributed by atoms with Gasteiger partial charge in [-0.15, -0.1) is 10.2 Å². The summed E-state index contributed by atoms with van der Waals surface area (Å²) in [5.41, 5.74) is 10.1. The lowest BCUT2D eigenvalue weighted by Crippen LogP contribution is -2.50. The Bertz CT molecular complexity index is 1840. The van der Waals surface area contributed by atoms with Crippen LogP contribution in [0, 0.1) is 11.8 Å². The van der Waals surface area contributed by atoms with Gasteiger partial charge in [0.25, 0.3) is 5.91 Å². The zero-order valence-corrected chi connectivity index (χ0v) is 31.0. The second-order valence-corrected chi connectivity index (χ2v) is 15.1. The number of carbonyl (C=O) groups is 3. The Hall–Kier alpha value is -5.21. The number of nitrogens with zero attached hydrogens (tertiary/aromatic N) is 7. The van der Waals surface area contributed by atoms with Gasteiger partial charge in [-0.2, -0.15) is 5.21 Å². The van der Waals surface area contributed by atoms with Crippen LogP contribution in [-0.4, -0.2) is 99.8 Å². The minimum atomic E-state index is -0.973. The molecule has 2 aliphatic rings. The number of benzene rings is 2. The van der Waals surface area contributed by atoms with Crippen LogP contribution in [0.3, 0.4) is 0 Å². The molecule has 0 radical (unpaired) electrons. The Balaban J connectivity index is 1.16. The van der Waals surface area contributed by atoms with E-state index in [2.05, 4.69) is 59.9 Å². The molecule has 1 aliphatic heterocycles. The molecule has 3 amide bonds. The van der Waals surface area contributed by atoms with E-state index in [-0.39, 0.29) is 24.2 Å². The number of H-pyrrole nitrogens is 1. The molecule has 2 aromatic heterocycles. The molecule has 2 aromatic carbocycles. The lowest BCUT2D eigenvalue weighted by Gasteiger charge is -2.33. The van der Waals surface area contributed by atoms with Crippen LogP contribution in [0.1, 0.15) is 52.0 Å². The molecule has 6 rings (SSSR count). The molecule has 3 heterocycles. The van der Waals surface area contributed by atoms with Gasteiger partial charge < -0.3 is 25.6 Å². The lowest BCUT2D eigenvalue weighted by atomic mass is 9.81. The number of hydrogen-bond acceptors (Lipinski definition) is 11. The van der Waals surface area contributed by atoms with E-state index in [1.165, 1.54) is 4.90 Å². The maximum absolute atomic E-state index is 14.3. The summed E-state index contributed by atoms with van der Waals surface area (Å²) in [5.74, 6) is 0.435. The van der Waals surface area contributed by atoms with E-state index in [0.29, 0.717) is 36.5 Å². The predicted octanol–water partition coefficient (Wildman–Crippen LogP) is 4.44. The van der Waals surface area contributed by atoms with E-state index in [1.54, 1.807) is 24.3 Å². The molecule has 280 valence electrons. The zero-order valence-electron chi connectivity index (χ0n) is 31.0. The van der Waals surface area contributed by atoms with Crippen LogP contribution in [0.4, 0.5) is 16.3 Å². The molecular weight excluding hydrogens is 672 g/mol. The first kappa shape index (κ1) is 37.5. The predicted molar refractivity (Wildman–Crippen MR) is 203 cm³/mol. The number of nitrogens with two attached hydrogens (primary N) is 1. The standard InChI is InChI=1S/C39H50N10O4/c1-39(2,3)53-38(52)42-25-26-8-10-29(11-9-26)36(50)49(32-14-12-28(13-15-32)35-43-45-46-44-35)37(51)33(40)23-27-6-5-7-30(22-27)31-16-17-41-34(24-31)48-20-18-47(4)19-21-48/h5-7,12-17,22,24,26,29,33H,8-11,18-21,23,25,40H2,1-4H3,(H,42,52)(H,43,44,45,46)/t26?,29?,33-/m0/s1. The van der Waals surface area contributed by atoms with Gasteiger partial charge in [0.1, 0.15) is 11.4 Å². The van der Waals surface area contributed by atoms with Crippen molar-refractivity contribution in [3.8, 4) is 22.5 Å². The van der Waals surface area contributed by atoms with Crippen molar-refractivity contribution in [2.75, 3.05) is 49.6 Å². The fraction of sp³-hybridized carbons (Fsp3) is 0.462. The zero-order chi connectivity index (χ0) is 37.5. The molecule has 2 fully saturated rings. The third-order valence-corrected chi connectivity index (χ3v) is 9.91. The highest BCUT2D eigenvalue weighted by Crippen LogP contribution is 2.32. The summed E-state index contributed by atoms with van der Waals surface area (Å²) >= 11 is 0. The third-order valence-electron chi connectivity index (χ3n) is 9.91. The number of alkyl carbamates (subject to hydrolysis) is 1. The molecule has 53 heavy (non-hydrogen) atoms. The first-order valence-corrected chi connectivity index (χ1v) is 18.4. The summed E-state index contributed by atoms with van der Waals surface area (Å²) in [5, 5.41) is 17.0. The maximum atomic E-state index is 14.3. The molecule has 1 saturated carbocycles. The number of piperazine rings is 1. The highest BCUT2D eigenvalue weighted by Gasteiger charge is 2.35. The quantitative estimate of drug-likeness (QED) is 0.211. The first-order valence-electron chi connectivity index (χ1n) is 18.4. The van der Waals surface area contributed by atoms with Crippen molar-refractivity contribution in [1.82, 2.24) is 35.8 Å². The third kappa shape index (κ3) is 9.82. The van der Waals surface area contributed by atoms with Gasteiger partial charge in [-0.05, 0) is 124 Å². The number of likely N-dealkylation sites (N-methyl/N-ethyl adjacent to an activating group) is 1. The van der Waals surface area contributed by atoms with Crippen LogP contribution < -0.4 is 20.9 Å². The first-order chi connectivity index (χ1) is 25.4. The van der Waals surface area contributed by atoms with Crippen LogP contribution in [-0.2, 0) is 20.7 Å². The van der Waals surface area contributed by atoms with Gasteiger partial charge in [-0.1, -0.05) is 24.3 Å². The number of pyridine rings is 1. The highest BCUT2D eigenvalue weighted by atomic mass is 16.6. The van der Waals surface area contributed by atoms with Crippen molar-refractivity contribution < 1.29 is 19.1 Å². The molecule has 14 nitrogen and oxygen atoms in total. The fourth-order valence-electron chi connectivity index (χ4n) is 6.94. The Morgan fingerprint density at radius 1 is 0.962 bits per heavy atom. The van der Waals surface area contributed by atoms with Gasteiger partial charge in [0.05, 0.1) is 11.7 Å². The highest BCUT2D eigenvalue weighted by molar-refractivity contribution is 6.17. The van der Waals surface area contributed by atoms with Crippen molar-refractivity contribution in [2.24, 2.45) is 17.6 Å². The number of aromatic amines is 1. The monoisotopic (exact) mass is 722 g/mol. The molecule has 0 bridgehead atoms. The molecule has 1 saturated heterocycles. The fourth-order valence-corrected chi connectivity index (χ4v) is 6.94. The van der Waals surface area contributed by atoms with E-state index in [1.807, 2.05) is 51.2 Å². The number of amides is 3. The summed E-state index contributed by atoms with van der Waals surface area (Å²) in [6, 6.07) is 18.1. The Morgan fingerprint density at radius 3 is 2.36 bits per heavy atom. The summed E-state index contributed by atoms with van der Waals surface area (Å²) in [6.45, 7) is 9.77. The summed E-state index contributed by atoms with van der Waals surface area (Å²) < 4.78 is 5.37. The number of hydrogen-bond donors (Lipinski definition) is 3. The SMILES string of the molecule is CN1CCN(c2cc(-c3cccc(C[C@H](N)C(=O)N(C(=O)C4CCC(CNC(=O)OC(C)(C)C)CC4)c4ccc(-c5nn[nH]n5)cc4)c3)ccn2)CC1. The van der Waals surface area contributed by atoms with Crippen LogP contribution in [0.5, 0.6) is 0 Å².